The molecule has 0 radical (unpaired) electrons. The van der Waals surface area contributed by atoms with Crippen molar-refractivity contribution in [2.45, 2.75) is 25.3 Å². The molecule has 0 bridgehead atoms. The summed E-state index contributed by atoms with van der Waals surface area (Å²) in [5.74, 6) is -1.79. The molecule has 2 aromatic rings. The first kappa shape index (κ1) is 18.4. The van der Waals surface area contributed by atoms with Crippen molar-refractivity contribution in [1.82, 2.24) is 10.1 Å². The van der Waals surface area contributed by atoms with Gasteiger partial charge in [-0.3, -0.25) is 9.59 Å². The van der Waals surface area contributed by atoms with Crippen LogP contribution < -0.4 is 10.1 Å². The Balaban J connectivity index is 1.75. The lowest BCUT2D eigenvalue weighted by Crippen LogP contribution is -2.48. The number of ether oxygens (including phenoxy) is 1. The molecule has 0 spiro atoms. The number of carbonyl (C=O) groups is 3. The predicted octanol–water partition coefficient (Wildman–Crippen LogP) is 2.01. The molecule has 1 aromatic heterocycles. The van der Waals surface area contributed by atoms with Gasteiger partial charge in [-0.05, 0) is 42.6 Å². The summed E-state index contributed by atoms with van der Waals surface area (Å²) >= 11 is 0. The van der Waals surface area contributed by atoms with Gasteiger partial charge in [0.15, 0.2) is 0 Å². The van der Waals surface area contributed by atoms with Gasteiger partial charge in [-0.15, -0.1) is 0 Å². The second kappa shape index (κ2) is 7.90. The number of likely N-dealkylation sites (tertiary alicyclic amines) is 1. The van der Waals surface area contributed by atoms with Crippen LogP contribution in [0.2, 0.25) is 0 Å². The van der Waals surface area contributed by atoms with Crippen molar-refractivity contribution in [3.8, 4) is 5.88 Å². The van der Waals surface area contributed by atoms with Gasteiger partial charge in [-0.1, -0.05) is 6.07 Å². The number of anilines is 1. The molecule has 2 N–H and O–H groups in total. The summed E-state index contributed by atoms with van der Waals surface area (Å²) in [6.45, 7) is 0.393. The first-order chi connectivity index (χ1) is 13.0. The summed E-state index contributed by atoms with van der Waals surface area (Å²) in [5.41, 5.74) is 0.682. The van der Waals surface area contributed by atoms with E-state index in [1.165, 1.54) is 24.1 Å². The number of piperidine rings is 1. The number of nitrogens with one attached hydrogen (secondary N) is 1. The molecule has 1 fully saturated rings. The van der Waals surface area contributed by atoms with Crippen molar-refractivity contribution < 1.29 is 28.8 Å². The summed E-state index contributed by atoms with van der Waals surface area (Å²) in [7, 11) is 1.40. The van der Waals surface area contributed by atoms with Crippen molar-refractivity contribution >= 4 is 23.5 Å². The number of methoxy groups -OCH3 is 1. The fourth-order valence-electron chi connectivity index (χ4n) is 2.98. The molecule has 9 heteroatoms. The number of aliphatic carboxylic acids is 1. The van der Waals surface area contributed by atoms with E-state index in [9.17, 15) is 19.5 Å². The molecule has 0 saturated carbocycles. The molecule has 1 saturated heterocycles. The third-order valence-electron chi connectivity index (χ3n) is 4.34. The minimum absolute atomic E-state index is 0.0365. The van der Waals surface area contributed by atoms with E-state index >= 15 is 0 Å². The Morgan fingerprint density at radius 1 is 1.30 bits per heavy atom. The van der Waals surface area contributed by atoms with E-state index in [1.807, 2.05) is 0 Å². The standard InChI is InChI=1S/C18H19N3O6/c1-26-15-10-14(27-20-15)16(22)19-12-6-4-5-11(9-12)17(23)21-8-3-2-7-13(21)18(24)25/h4-6,9-10,13H,2-3,7-8H2,1H3,(H,19,22)(H,24,25). The summed E-state index contributed by atoms with van der Waals surface area (Å²) < 4.78 is 9.73. The second-order valence-electron chi connectivity index (χ2n) is 6.12. The minimum Gasteiger partial charge on any atom is -0.480 e. The fourth-order valence-corrected chi connectivity index (χ4v) is 2.98. The van der Waals surface area contributed by atoms with Crippen LogP contribution in [0.25, 0.3) is 0 Å². The smallest absolute Gasteiger partial charge is 0.326 e. The monoisotopic (exact) mass is 373 g/mol. The van der Waals surface area contributed by atoms with Crippen LogP contribution in [-0.2, 0) is 4.79 Å². The molecular formula is C18H19N3O6. The number of carboxylic acid groups (broad SMARTS) is 1. The highest BCUT2D eigenvalue weighted by Gasteiger charge is 2.32. The number of benzene rings is 1. The summed E-state index contributed by atoms with van der Waals surface area (Å²) in [6, 6.07) is 6.84. The maximum Gasteiger partial charge on any atom is 0.326 e. The average Bonchev–Trinajstić information content (AvgIpc) is 3.17. The molecule has 1 unspecified atom stereocenters. The minimum atomic E-state index is -1.01. The first-order valence-corrected chi connectivity index (χ1v) is 8.45. The van der Waals surface area contributed by atoms with Crippen molar-refractivity contribution in [1.29, 1.82) is 0 Å². The van der Waals surface area contributed by atoms with Crippen LogP contribution in [0.15, 0.2) is 34.9 Å². The van der Waals surface area contributed by atoms with E-state index in [-0.39, 0.29) is 17.5 Å². The van der Waals surface area contributed by atoms with Gasteiger partial charge in [0.05, 0.1) is 13.2 Å². The normalized spacial score (nSPS) is 16.6. The summed E-state index contributed by atoms with van der Waals surface area (Å²) in [4.78, 5) is 37.8. The van der Waals surface area contributed by atoms with Crippen molar-refractivity contribution in [3.63, 3.8) is 0 Å². The van der Waals surface area contributed by atoms with Crippen molar-refractivity contribution in [2.24, 2.45) is 0 Å². The fraction of sp³-hybridized carbons (Fsp3) is 0.333. The number of hydrogen-bond acceptors (Lipinski definition) is 6. The summed E-state index contributed by atoms with van der Waals surface area (Å²) in [5, 5.41) is 15.5. The zero-order valence-electron chi connectivity index (χ0n) is 14.7. The van der Waals surface area contributed by atoms with Crippen LogP contribution >= 0.6 is 0 Å². The average molecular weight is 373 g/mol. The SMILES string of the molecule is COc1cc(C(=O)Nc2cccc(C(=O)N3CCCCC3C(=O)O)c2)on1. The largest absolute Gasteiger partial charge is 0.480 e. The van der Waals surface area contributed by atoms with Gasteiger partial charge < -0.3 is 24.6 Å². The molecule has 2 amide bonds. The zero-order valence-corrected chi connectivity index (χ0v) is 14.7. The van der Waals surface area contributed by atoms with Gasteiger partial charge in [-0.25, -0.2) is 4.79 Å². The Hall–Kier alpha value is -3.36. The van der Waals surface area contributed by atoms with E-state index in [1.54, 1.807) is 18.2 Å². The molecule has 1 aromatic carbocycles. The lowest BCUT2D eigenvalue weighted by molar-refractivity contribution is -0.143. The van der Waals surface area contributed by atoms with Crippen LogP contribution in [0.4, 0.5) is 5.69 Å². The first-order valence-electron chi connectivity index (χ1n) is 8.45. The van der Waals surface area contributed by atoms with Crippen molar-refractivity contribution in [2.75, 3.05) is 19.0 Å². The van der Waals surface area contributed by atoms with Gasteiger partial charge in [0.1, 0.15) is 6.04 Å². The highest BCUT2D eigenvalue weighted by Crippen LogP contribution is 2.22. The molecule has 1 atom stereocenters. The van der Waals surface area contributed by atoms with Crippen LogP contribution in [0.5, 0.6) is 5.88 Å². The molecule has 27 heavy (non-hydrogen) atoms. The van der Waals surface area contributed by atoms with Crippen LogP contribution in [-0.4, -0.2) is 52.6 Å². The third-order valence-corrected chi connectivity index (χ3v) is 4.34. The lowest BCUT2D eigenvalue weighted by atomic mass is 10.0. The number of rotatable bonds is 5. The van der Waals surface area contributed by atoms with Crippen molar-refractivity contribution in [3.05, 3.63) is 41.7 Å². The third kappa shape index (κ3) is 4.08. The highest BCUT2D eigenvalue weighted by atomic mass is 16.5. The van der Waals surface area contributed by atoms with Gasteiger partial charge >= 0.3 is 5.97 Å². The molecular weight excluding hydrogens is 354 g/mol. The Bertz CT molecular complexity index is 862. The molecule has 3 rings (SSSR count). The molecule has 0 aliphatic carbocycles. The zero-order chi connectivity index (χ0) is 19.4. The topological polar surface area (TPSA) is 122 Å². The Morgan fingerprint density at radius 2 is 2.11 bits per heavy atom. The lowest BCUT2D eigenvalue weighted by Gasteiger charge is -2.33. The Kier molecular flexibility index (Phi) is 5.39. The second-order valence-corrected chi connectivity index (χ2v) is 6.12. The number of hydrogen-bond donors (Lipinski definition) is 2. The van der Waals surface area contributed by atoms with E-state index in [0.29, 0.717) is 24.2 Å². The van der Waals surface area contributed by atoms with E-state index in [0.717, 1.165) is 12.8 Å². The van der Waals surface area contributed by atoms with Crippen LogP contribution in [0, 0.1) is 0 Å². The predicted molar refractivity (Wildman–Crippen MR) is 93.8 cm³/mol. The Labute approximate surface area is 154 Å². The van der Waals surface area contributed by atoms with Gasteiger partial charge in [-0.2, -0.15) is 0 Å². The molecule has 1 aliphatic heterocycles. The van der Waals surface area contributed by atoms with E-state index in [4.69, 9.17) is 9.26 Å². The number of aromatic nitrogens is 1. The van der Waals surface area contributed by atoms with E-state index in [2.05, 4.69) is 10.5 Å². The highest BCUT2D eigenvalue weighted by molar-refractivity contribution is 6.03. The van der Waals surface area contributed by atoms with Crippen LogP contribution in [0.1, 0.15) is 40.2 Å². The number of carboxylic acids is 1. The Morgan fingerprint density at radius 3 is 2.81 bits per heavy atom. The molecule has 1 aliphatic rings. The van der Waals surface area contributed by atoms with Crippen LogP contribution in [0.3, 0.4) is 0 Å². The molecule has 2 heterocycles. The number of nitrogens with zero attached hydrogens (tertiary/aromatic N) is 2. The molecule has 9 nitrogen and oxygen atoms in total. The van der Waals surface area contributed by atoms with Gasteiger partial charge in [0, 0.05) is 17.8 Å². The summed E-state index contributed by atoms with van der Waals surface area (Å²) in [6.07, 6.45) is 1.97. The quantitative estimate of drug-likeness (QED) is 0.822. The van der Waals surface area contributed by atoms with Gasteiger partial charge in [0.25, 0.3) is 17.7 Å². The van der Waals surface area contributed by atoms with Gasteiger partial charge in [0.2, 0.25) is 5.76 Å². The maximum atomic E-state index is 12.8. The molecule has 142 valence electrons. The van der Waals surface area contributed by atoms with E-state index < -0.39 is 17.9 Å². The number of carbonyl (C=O) groups excluding carboxylic acids is 2. The maximum absolute atomic E-state index is 12.8. The number of amides is 2.